The number of nitrogens with zero attached hydrogens (tertiary/aromatic N) is 1. The van der Waals surface area contributed by atoms with E-state index >= 15 is 0 Å². The fourth-order valence-corrected chi connectivity index (χ4v) is 2.54. The van der Waals surface area contributed by atoms with Crippen molar-refractivity contribution in [2.24, 2.45) is 4.99 Å². The second-order valence-electron chi connectivity index (χ2n) is 6.11. The fourth-order valence-electron chi connectivity index (χ4n) is 2.54. The van der Waals surface area contributed by atoms with Gasteiger partial charge < -0.3 is 20.1 Å². The van der Waals surface area contributed by atoms with Crippen LogP contribution in [0, 0.1) is 0 Å². The highest BCUT2D eigenvalue weighted by molar-refractivity contribution is 5.79. The third-order valence-corrected chi connectivity index (χ3v) is 4.08. The summed E-state index contributed by atoms with van der Waals surface area (Å²) in [7, 11) is 3.45. The number of benzene rings is 2. The Labute approximate surface area is 156 Å². The summed E-state index contributed by atoms with van der Waals surface area (Å²) in [4.78, 5) is 4.30. The van der Waals surface area contributed by atoms with E-state index in [0.29, 0.717) is 25.7 Å². The second-order valence-corrected chi connectivity index (χ2v) is 6.11. The first-order valence-corrected chi connectivity index (χ1v) is 8.93. The van der Waals surface area contributed by atoms with E-state index < -0.39 is 0 Å². The Hall–Kier alpha value is -2.53. The first-order valence-electron chi connectivity index (χ1n) is 8.93. The Bertz CT molecular complexity index is 674. The molecule has 0 aliphatic rings. The van der Waals surface area contributed by atoms with Crippen LogP contribution in [-0.4, -0.2) is 39.9 Å². The number of aliphatic imine (C=N–C) groups is 1. The van der Waals surface area contributed by atoms with E-state index in [0.717, 1.165) is 23.8 Å². The SMILES string of the molecule is CN=C(NCc1cccc(OCCOC)c1)NCC(C)c1ccccc1. The molecule has 0 bridgehead atoms. The number of hydrogen-bond acceptors (Lipinski definition) is 3. The van der Waals surface area contributed by atoms with Gasteiger partial charge in [-0.15, -0.1) is 0 Å². The molecule has 2 rings (SSSR count). The fraction of sp³-hybridized carbons (Fsp3) is 0.381. The van der Waals surface area contributed by atoms with Gasteiger partial charge >= 0.3 is 0 Å². The number of ether oxygens (including phenoxy) is 2. The molecule has 0 spiro atoms. The van der Waals surface area contributed by atoms with Crippen molar-refractivity contribution < 1.29 is 9.47 Å². The van der Waals surface area contributed by atoms with E-state index in [1.54, 1.807) is 14.2 Å². The van der Waals surface area contributed by atoms with Crippen LogP contribution < -0.4 is 15.4 Å². The predicted octanol–water partition coefficient (Wildman–Crippen LogP) is 3.18. The summed E-state index contributed by atoms with van der Waals surface area (Å²) in [5.41, 5.74) is 2.45. The summed E-state index contributed by atoms with van der Waals surface area (Å²) in [6.45, 7) is 4.84. The van der Waals surface area contributed by atoms with E-state index in [2.05, 4.69) is 52.9 Å². The molecular formula is C21H29N3O2. The lowest BCUT2D eigenvalue weighted by atomic mass is 10.0. The number of rotatable bonds is 9. The van der Waals surface area contributed by atoms with E-state index in [4.69, 9.17) is 9.47 Å². The molecule has 0 aliphatic carbocycles. The van der Waals surface area contributed by atoms with Crippen molar-refractivity contribution in [3.8, 4) is 5.75 Å². The normalized spacial score (nSPS) is 12.5. The van der Waals surface area contributed by atoms with Gasteiger partial charge in [0.05, 0.1) is 6.61 Å². The number of hydrogen-bond donors (Lipinski definition) is 2. The van der Waals surface area contributed by atoms with Gasteiger partial charge in [-0.1, -0.05) is 49.4 Å². The van der Waals surface area contributed by atoms with E-state index in [-0.39, 0.29) is 0 Å². The zero-order chi connectivity index (χ0) is 18.6. The minimum Gasteiger partial charge on any atom is -0.491 e. The van der Waals surface area contributed by atoms with Crippen molar-refractivity contribution >= 4 is 5.96 Å². The standard InChI is InChI=1S/C21H29N3O2/c1-17(19-9-5-4-6-10-19)15-23-21(22-2)24-16-18-8-7-11-20(14-18)26-13-12-25-3/h4-11,14,17H,12-13,15-16H2,1-3H3,(H2,22,23,24). The minimum absolute atomic E-state index is 0.410. The van der Waals surface area contributed by atoms with Gasteiger partial charge in [0.2, 0.25) is 0 Å². The van der Waals surface area contributed by atoms with E-state index in [1.807, 2.05) is 24.3 Å². The zero-order valence-electron chi connectivity index (χ0n) is 15.9. The quantitative estimate of drug-likeness (QED) is 0.412. The van der Waals surface area contributed by atoms with Crippen LogP contribution in [0.4, 0.5) is 0 Å². The van der Waals surface area contributed by atoms with Crippen LogP contribution in [0.3, 0.4) is 0 Å². The summed E-state index contributed by atoms with van der Waals surface area (Å²) < 4.78 is 10.7. The monoisotopic (exact) mass is 355 g/mol. The molecule has 0 saturated heterocycles. The van der Waals surface area contributed by atoms with Gasteiger partial charge in [-0.05, 0) is 29.2 Å². The Morgan fingerprint density at radius 1 is 1.04 bits per heavy atom. The highest BCUT2D eigenvalue weighted by atomic mass is 16.5. The van der Waals surface area contributed by atoms with Gasteiger partial charge in [0.15, 0.2) is 5.96 Å². The molecule has 0 aliphatic heterocycles. The molecule has 0 amide bonds. The number of guanidine groups is 1. The minimum atomic E-state index is 0.410. The maximum atomic E-state index is 5.65. The van der Waals surface area contributed by atoms with Gasteiger partial charge in [-0.3, -0.25) is 4.99 Å². The molecule has 2 N–H and O–H groups in total. The average molecular weight is 355 g/mol. The van der Waals surface area contributed by atoms with Crippen molar-refractivity contribution in [2.75, 3.05) is 33.9 Å². The third-order valence-electron chi connectivity index (χ3n) is 4.08. The van der Waals surface area contributed by atoms with Crippen molar-refractivity contribution in [1.29, 1.82) is 0 Å². The largest absolute Gasteiger partial charge is 0.491 e. The molecule has 0 fully saturated rings. The first kappa shape index (κ1) is 19.8. The first-order chi connectivity index (χ1) is 12.7. The van der Waals surface area contributed by atoms with Crippen LogP contribution in [0.1, 0.15) is 24.0 Å². The van der Waals surface area contributed by atoms with Crippen molar-refractivity contribution in [2.45, 2.75) is 19.4 Å². The van der Waals surface area contributed by atoms with Gasteiger partial charge in [-0.2, -0.15) is 0 Å². The van der Waals surface area contributed by atoms with Crippen LogP contribution in [0.2, 0.25) is 0 Å². The van der Waals surface area contributed by atoms with Crippen LogP contribution in [0.25, 0.3) is 0 Å². The molecule has 1 atom stereocenters. The van der Waals surface area contributed by atoms with Crippen molar-refractivity contribution in [1.82, 2.24) is 10.6 Å². The molecule has 140 valence electrons. The number of methoxy groups -OCH3 is 1. The molecule has 0 heterocycles. The molecule has 2 aromatic rings. The predicted molar refractivity (Wildman–Crippen MR) is 107 cm³/mol. The van der Waals surface area contributed by atoms with Gasteiger partial charge in [-0.25, -0.2) is 0 Å². The maximum Gasteiger partial charge on any atom is 0.191 e. The van der Waals surface area contributed by atoms with Crippen molar-refractivity contribution in [3.63, 3.8) is 0 Å². The van der Waals surface area contributed by atoms with E-state index in [1.165, 1.54) is 5.56 Å². The highest BCUT2D eigenvalue weighted by Gasteiger charge is 2.06. The van der Waals surface area contributed by atoms with Crippen LogP contribution in [-0.2, 0) is 11.3 Å². The van der Waals surface area contributed by atoms with Crippen LogP contribution in [0.15, 0.2) is 59.6 Å². The lowest BCUT2D eigenvalue weighted by Gasteiger charge is -2.16. The summed E-state index contributed by atoms with van der Waals surface area (Å²) in [6.07, 6.45) is 0. The summed E-state index contributed by atoms with van der Waals surface area (Å²) in [6, 6.07) is 18.5. The molecule has 0 radical (unpaired) electrons. The molecule has 26 heavy (non-hydrogen) atoms. The highest BCUT2D eigenvalue weighted by Crippen LogP contribution is 2.14. The maximum absolute atomic E-state index is 5.65. The Kier molecular flexibility index (Phi) is 8.49. The molecule has 0 aromatic heterocycles. The molecule has 1 unspecified atom stereocenters. The summed E-state index contributed by atoms with van der Waals surface area (Å²) in [5, 5.41) is 6.73. The number of nitrogens with one attached hydrogen (secondary N) is 2. The third kappa shape index (κ3) is 6.76. The molecule has 0 saturated carbocycles. The van der Waals surface area contributed by atoms with Gasteiger partial charge in [0, 0.05) is 27.2 Å². The van der Waals surface area contributed by atoms with Crippen molar-refractivity contribution in [3.05, 3.63) is 65.7 Å². The summed E-state index contributed by atoms with van der Waals surface area (Å²) in [5.74, 6) is 2.05. The second kappa shape index (κ2) is 11.2. The summed E-state index contributed by atoms with van der Waals surface area (Å²) >= 11 is 0. The average Bonchev–Trinajstić information content (AvgIpc) is 2.69. The molecule has 5 nitrogen and oxygen atoms in total. The smallest absolute Gasteiger partial charge is 0.191 e. The van der Waals surface area contributed by atoms with Gasteiger partial charge in [0.1, 0.15) is 12.4 Å². The molecular weight excluding hydrogens is 326 g/mol. The molecule has 2 aromatic carbocycles. The Balaban J connectivity index is 1.80. The Morgan fingerprint density at radius 3 is 2.58 bits per heavy atom. The topological polar surface area (TPSA) is 54.9 Å². The molecule has 5 heteroatoms. The lowest BCUT2D eigenvalue weighted by molar-refractivity contribution is 0.146. The van der Waals surface area contributed by atoms with Gasteiger partial charge in [0.25, 0.3) is 0 Å². The van der Waals surface area contributed by atoms with E-state index in [9.17, 15) is 0 Å². The van der Waals surface area contributed by atoms with Crippen LogP contribution in [0.5, 0.6) is 5.75 Å². The Morgan fingerprint density at radius 2 is 1.85 bits per heavy atom. The zero-order valence-corrected chi connectivity index (χ0v) is 15.9. The lowest BCUT2D eigenvalue weighted by Crippen LogP contribution is -2.38. The van der Waals surface area contributed by atoms with Crippen LogP contribution >= 0.6 is 0 Å².